The minimum absolute atomic E-state index is 0. The fourth-order valence-electron chi connectivity index (χ4n) is 2.76. The van der Waals surface area contributed by atoms with Crippen LogP contribution in [0.5, 0.6) is 0 Å². The summed E-state index contributed by atoms with van der Waals surface area (Å²) >= 11 is 0. The van der Waals surface area contributed by atoms with Gasteiger partial charge >= 0.3 is 0 Å². The van der Waals surface area contributed by atoms with Crippen molar-refractivity contribution >= 4 is 36.4 Å². The van der Waals surface area contributed by atoms with Gasteiger partial charge in [-0.15, -0.1) is 24.8 Å². The number of benzene rings is 1. The Balaban J connectivity index is 0.00000220. The van der Waals surface area contributed by atoms with Gasteiger partial charge in [0.2, 0.25) is 5.91 Å². The van der Waals surface area contributed by atoms with Gasteiger partial charge in [-0.05, 0) is 57.5 Å². The number of halogens is 2. The molecule has 3 N–H and O–H groups in total. The average Bonchev–Trinajstić information content (AvgIpc) is 2.79. The van der Waals surface area contributed by atoms with Crippen molar-refractivity contribution in [2.75, 3.05) is 19.4 Å². The summed E-state index contributed by atoms with van der Waals surface area (Å²) in [7, 11) is 4.08. The van der Waals surface area contributed by atoms with E-state index in [9.17, 15) is 4.79 Å². The van der Waals surface area contributed by atoms with Crippen LogP contribution in [-0.2, 0) is 11.3 Å². The molecule has 0 saturated heterocycles. The maximum absolute atomic E-state index is 12.3. The Morgan fingerprint density at radius 1 is 1.32 bits per heavy atom. The van der Waals surface area contributed by atoms with Gasteiger partial charge in [-0.25, -0.2) is 0 Å². The first kappa shape index (κ1) is 21.2. The molecule has 0 heterocycles. The molecule has 0 aliphatic heterocycles. The maximum atomic E-state index is 12.3. The molecular weight excluding hydrogens is 321 g/mol. The predicted octanol–water partition coefficient (Wildman–Crippen LogP) is 2.97. The molecule has 126 valence electrons. The number of nitrogens with one attached hydrogen (secondary N) is 1. The molecule has 1 aliphatic carbocycles. The monoisotopic (exact) mass is 347 g/mol. The van der Waals surface area contributed by atoms with Gasteiger partial charge < -0.3 is 16.0 Å². The molecule has 2 unspecified atom stereocenters. The van der Waals surface area contributed by atoms with Gasteiger partial charge in [0.05, 0.1) is 0 Å². The first-order chi connectivity index (χ1) is 9.45. The van der Waals surface area contributed by atoms with Gasteiger partial charge in [0, 0.05) is 24.2 Å². The second kappa shape index (κ2) is 9.36. The number of hydrogen-bond acceptors (Lipinski definition) is 3. The van der Waals surface area contributed by atoms with Crippen LogP contribution in [0.2, 0.25) is 0 Å². The normalized spacial score (nSPS) is 20.2. The zero-order chi connectivity index (χ0) is 14.7. The highest BCUT2D eigenvalue weighted by Gasteiger charge is 2.27. The average molecular weight is 348 g/mol. The van der Waals surface area contributed by atoms with Crippen molar-refractivity contribution in [1.82, 2.24) is 4.90 Å². The fourth-order valence-corrected chi connectivity index (χ4v) is 2.76. The van der Waals surface area contributed by atoms with Crippen LogP contribution in [0, 0.1) is 12.8 Å². The molecule has 0 bridgehead atoms. The van der Waals surface area contributed by atoms with Crippen molar-refractivity contribution in [3.63, 3.8) is 0 Å². The standard InChI is InChI=1S/C16H25N3O.2ClH/c1-11-4-5-12(10-19(2)3)8-15(11)18-16(20)13-6-7-14(17)9-13;;/h4-5,8,13-14H,6-7,9-10,17H2,1-3H3,(H,18,20);2*1H. The smallest absolute Gasteiger partial charge is 0.227 e. The van der Waals surface area contributed by atoms with E-state index in [4.69, 9.17) is 5.73 Å². The molecule has 1 fully saturated rings. The number of nitrogens with two attached hydrogens (primary N) is 1. The number of carbonyl (C=O) groups excluding carboxylic acids is 1. The highest BCUT2D eigenvalue weighted by atomic mass is 35.5. The van der Waals surface area contributed by atoms with Crippen LogP contribution < -0.4 is 11.1 Å². The molecule has 0 spiro atoms. The molecule has 0 radical (unpaired) electrons. The van der Waals surface area contributed by atoms with E-state index in [1.807, 2.05) is 21.0 Å². The van der Waals surface area contributed by atoms with Crippen molar-refractivity contribution in [1.29, 1.82) is 0 Å². The van der Waals surface area contributed by atoms with Crippen LogP contribution in [0.3, 0.4) is 0 Å². The topological polar surface area (TPSA) is 58.4 Å². The Morgan fingerprint density at radius 3 is 2.55 bits per heavy atom. The summed E-state index contributed by atoms with van der Waals surface area (Å²) in [6, 6.07) is 6.43. The van der Waals surface area contributed by atoms with Crippen molar-refractivity contribution in [3.8, 4) is 0 Å². The zero-order valence-corrected chi connectivity index (χ0v) is 15.1. The highest BCUT2D eigenvalue weighted by molar-refractivity contribution is 5.93. The first-order valence-corrected chi connectivity index (χ1v) is 7.26. The quantitative estimate of drug-likeness (QED) is 0.880. The predicted molar refractivity (Wildman–Crippen MR) is 97.0 cm³/mol. The lowest BCUT2D eigenvalue weighted by Crippen LogP contribution is -2.23. The molecule has 2 rings (SSSR count). The molecular formula is C16H27Cl2N3O. The van der Waals surface area contributed by atoms with Crippen LogP contribution in [0.1, 0.15) is 30.4 Å². The van der Waals surface area contributed by atoms with E-state index in [1.54, 1.807) is 0 Å². The molecule has 4 nitrogen and oxygen atoms in total. The van der Waals surface area contributed by atoms with Gasteiger partial charge in [-0.3, -0.25) is 4.79 Å². The summed E-state index contributed by atoms with van der Waals surface area (Å²) < 4.78 is 0. The van der Waals surface area contributed by atoms with Crippen molar-refractivity contribution in [2.45, 2.75) is 38.8 Å². The second-order valence-corrected chi connectivity index (χ2v) is 6.15. The lowest BCUT2D eigenvalue weighted by atomic mass is 10.1. The Morgan fingerprint density at radius 2 is 2.00 bits per heavy atom. The van der Waals surface area contributed by atoms with Gasteiger partial charge in [0.25, 0.3) is 0 Å². The van der Waals surface area contributed by atoms with Gasteiger partial charge in [0.1, 0.15) is 0 Å². The summed E-state index contributed by atoms with van der Waals surface area (Å²) in [6.45, 7) is 2.90. The highest BCUT2D eigenvalue weighted by Crippen LogP contribution is 2.26. The summed E-state index contributed by atoms with van der Waals surface area (Å²) in [5.74, 6) is 0.185. The van der Waals surface area contributed by atoms with E-state index in [1.165, 1.54) is 5.56 Å². The van der Waals surface area contributed by atoms with Crippen molar-refractivity contribution in [3.05, 3.63) is 29.3 Å². The van der Waals surface area contributed by atoms with E-state index in [2.05, 4.69) is 28.4 Å². The van der Waals surface area contributed by atoms with Crippen LogP contribution in [0.15, 0.2) is 18.2 Å². The number of hydrogen-bond donors (Lipinski definition) is 2. The summed E-state index contributed by atoms with van der Waals surface area (Å²) in [5, 5.41) is 3.07. The second-order valence-electron chi connectivity index (χ2n) is 6.15. The largest absolute Gasteiger partial charge is 0.328 e. The molecule has 22 heavy (non-hydrogen) atoms. The molecule has 0 aromatic heterocycles. The molecule has 1 aliphatic rings. The zero-order valence-electron chi connectivity index (χ0n) is 13.5. The minimum atomic E-state index is 0. The molecule has 2 atom stereocenters. The number of rotatable bonds is 4. The number of nitrogens with zero attached hydrogens (tertiary/aromatic N) is 1. The lowest BCUT2D eigenvalue weighted by Gasteiger charge is -2.15. The maximum Gasteiger partial charge on any atom is 0.227 e. The minimum Gasteiger partial charge on any atom is -0.328 e. The molecule has 1 aromatic carbocycles. The third kappa shape index (κ3) is 5.76. The van der Waals surface area contributed by atoms with Crippen LogP contribution in [0.25, 0.3) is 0 Å². The number of carbonyl (C=O) groups is 1. The Hall–Kier alpha value is -0.810. The number of anilines is 1. The Labute approximate surface area is 145 Å². The lowest BCUT2D eigenvalue weighted by molar-refractivity contribution is -0.119. The Bertz CT molecular complexity index is 494. The van der Waals surface area contributed by atoms with E-state index in [-0.39, 0.29) is 42.7 Å². The van der Waals surface area contributed by atoms with E-state index >= 15 is 0 Å². The van der Waals surface area contributed by atoms with Crippen LogP contribution >= 0.6 is 24.8 Å². The fraction of sp³-hybridized carbons (Fsp3) is 0.562. The third-order valence-electron chi connectivity index (χ3n) is 3.90. The Kier molecular flexibility index (Phi) is 9.01. The van der Waals surface area contributed by atoms with Crippen LogP contribution in [-0.4, -0.2) is 30.9 Å². The summed E-state index contributed by atoms with van der Waals surface area (Å²) in [5.41, 5.74) is 9.11. The summed E-state index contributed by atoms with van der Waals surface area (Å²) in [6.07, 6.45) is 2.67. The van der Waals surface area contributed by atoms with E-state index in [0.717, 1.165) is 37.1 Å². The van der Waals surface area contributed by atoms with Crippen molar-refractivity contribution in [2.24, 2.45) is 11.7 Å². The first-order valence-electron chi connectivity index (χ1n) is 7.26. The number of aryl methyl sites for hydroxylation is 1. The van der Waals surface area contributed by atoms with E-state index in [0.29, 0.717) is 0 Å². The number of amides is 1. The molecule has 1 amide bonds. The SMILES string of the molecule is Cc1ccc(CN(C)C)cc1NC(=O)C1CCC(N)C1.Cl.Cl. The third-order valence-corrected chi connectivity index (χ3v) is 3.90. The molecule has 1 aromatic rings. The van der Waals surface area contributed by atoms with E-state index < -0.39 is 0 Å². The van der Waals surface area contributed by atoms with Gasteiger partial charge in [-0.2, -0.15) is 0 Å². The summed E-state index contributed by atoms with van der Waals surface area (Å²) in [4.78, 5) is 14.4. The van der Waals surface area contributed by atoms with Gasteiger partial charge in [-0.1, -0.05) is 12.1 Å². The van der Waals surface area contributed by atoms with Crippen LogP contribution in [0.4, 0.5) is 5.69 Å². The van der Waals surface area contributed by atoms with Gasteiger partial charge in [0.15, 0.2) is 0 Å². The molecule has 1 saturated carbocycles. The van der Waals surface area contributed by atoms with Crippen molar-refractivity contribution < 1.29 is 4.79 Å². The molecule has 6 heteroatoms.